The van der Waals surface area contributed by atoms with Crippen LogP contribution in [0.25, 0.3) is 0 Å². The van der Waals surface area contributed by atoms with E-state index in [2.05, 4.69) is 5.32 Å². The van der Waals surface area contributed by atoms with E-state index in [-0.39, 0.29) is 18.5 Å². The van der Waals surface area contributed by atoms with E-state index in [0.717, 1.165) is 18.4 Å². The summed E-state index contributed by atoms with van der Waals surface area (Å²) in [5.74, 6) is -1.13. The summed E-state index contributed by atoms with van der Waals surface area (Å²) in [6.45, 7) is 3.51. The molecule has 6 heteroatoms. The lowest BCUT2D eigenvalue weighted by atomic mass is 10.2. The van der Waals surface area contributed by atoms with Crippen LogP contribution in [0.1, 0.15) is 25.3 Å². The second kappa shape index (κ2) is 6.45. The van der Waals surface area contributed by atoms with Gasteiger partial charge in [-0.15, -0.1) is 0 Å². The quantitative estimate of drug-likeness (QED) is 0.847. The van der Waals surface area contributed by atoms with Gasteiger partial charge in [-0.05, 0) is 44.4 Å². The summed E-state index contributed by atoms with van der Waals surface area (Å²) in [4.78, 5) is 25.0. The van der Waals surface area contributed by atoms with Crippen molar-refractivity contribution >= 4 is 29.2 Å². The maximum absolute atomic E-state index is 12.2. The number of rotatable bonds is 6. The maximum Gasteiger partial charge on any atom is 0.320 e. The third kappa shape index (κ3) is 3.95. The van der Waals surface area contributed by atoms with Crippen LogP contribution in [0.2, 0.25) is 5.02 Å². The molecule has 1 amide bonds. The molecule has 0 aromatic heterocycles. The van der Waals surface area contributed by atoms with E-state index >= 15 is 0 Å². The van der Waals surface area contributed by atoms with E-state index in [1.165, 1.54) is 0 Å². The van der Waals surface area contributed by atoms with E-state index < -0.39 is 12.0 Å². The number of carbonyl (C=O) groups is 2. The molecular formula is C15H19ClN2O3. The number of hydrogen-bond acceptors (Lipinski definition) is 3. The highest BCUT2D eigenvalue weighted by Gasteiger charge is 2.36. The van der Waals surface area contributed by atoms with E-state index in [4.69, 9.17) is 16.7 Å². The van der Waals surface area contributed by atoms with Gasteiger partial charge in [0, 0.05) is 16.8 Å². The van der Waals surface area contributed by atoms with Crippen molar-refractivity contribution in [2.24, 2.45) is 0 Å². The molecule has 1 aromatic rings. The minimum absolute atomic E-state index is 0.0735. The number of halogens is 1. The Labute approximate surface area is 128 Å². The lowest BCUT2D eigenvalue weighted by Gasteiger charge is -2.25. The van der Waals surface area contributed by atoms with Crippen LogP contribution in [0.4, 0.5) is 5.69 Å². The van der Waals surface area contributed by atoms with Gasteiger partial charge in [-0.25, -0.2) is 0 Å². The van der Waals surface area contributed by atoms with Crippen molar-refractivity contribution < 1.29 is 14.7 Å². The smallest absolute Gasteiger partial charge is 0.320 e. The summed E-state index contributed by atoms with van der Waals surface area (Å²) in [7, 11) is 0. The molecule has 2 rings (SSSR count). The summed E-state index contributed by atoms with van der Waals surface area (Å²) < 4.78 is 0. The lowest BCUT2D eigenvalue weighted by molar-refractivity contribution is -0.143. The molecule has 21 heavy (non-hydrogen) atoms. The fraction of sp³-hybridized carbons (Fsp3) is 0.467. The third-order valence-electron chi connectivity index (χ3n) is 3.74. The van der Waals surface area contributed by atoms with Gasteiger partial charge >= 0.3 is 5.97 Å². The molecule has 2 N–H and O–H groups in total. The highest BCUT2D eigenvalue weighted by molar-refractivity contribution is 6.31. The number of carbonyl (C=O) groups excluding carboxylic acids is 1. The minimum atomic E-state index is -0.909. The summed E-state index contributed by atoms with van der Waals surface area (Å²) in [6, 6.07) is 4.84. The zero-order valence-electron chi connectivity index (χ0n) is 12.1. The maximum atomic E-state index is 12.2. The van der Waals surface area contributed by atoms with Crippen LogP contribution in [-0.4, -0.2) is 40.5 Å². The molecule has 0 aliphatic heterocycles. The largest absolute Gasteiger partial charge is 0.480 e. The zero-order valence-corrected chi connectivity index (χ0v) is 12.9. The molecule has 0 spiro atoms. The minimum Gasteiger partial charge on any atom is -0.480 e. The number of carboxylic acids is 1. The lowest BCUT2D eigenvalue weighted by Crippen LogP contribution is -2.44. The number of carboxylic acid groups (broad SMARTS) is 1. The monoisotopic (exact) mass is 310 g/mol. The average molecular weight is 311 g/mol. The molecule has 0 heterocycles. The van der Waals surface area contributed by atoms with Crippen LogP contribution >= 0.6 is 11.6 Å². The number of nitrogens with zero attached hydrogens (tertiary/aromatic N) is 1. The highest BCUT2D eigenvalue weighted by Crippen LogP contribution is 2.29. The molecule has 1 atom stereocenters. The van der Waals surface area contributed by atoms with Gasteiger partial charge in [-0.3, -0.25) is 14.5 Å². The molecule has 1 fully saturated rings. The summed E-state index contributed by atoms with van der Waals surface area (Å²) in [6.07, 6.45) is 1.89. The summed E-state index contributed by atoms with van der Waals surface area (Å²) >= 11 is 6.02. The Balaban J connectivity index is 2.02. The van der Waals surface area contributed by atoms with Crippen LogP contribution in [0.5, 0.6) is 0 Å². The topological polar surface area (TPSA) is 69.6 Å². The van der Waals surface area contributed by atoms with E-state index in [1.807, 2.05) is 6.92 Å². The van der Waals surface area contributed by atoms with Crippen molar-refractivity contribution in [3.8, 4) is 0 Å². The van der Waals surface area contributed by atoms with Crippen molar-refractivity contribution in [2.75, 3.05) is 11.9 Å². The number of hydrogen-bond donors (Lipinski definition) is 2. The summed E-state index contributed by atoms with van der Waals surface area (Å²) in [5, 5.41) is 12.5. The molecule has 1 saturated carbocycles. The molecule has 1 aromatic carbocycles. The highest BCUT2D eigenvalue weighted by atomic mass is 35.5. The average Bonchev–Trinajstić information content (AvgIpc) is 3.25. The molecule has 1 aliphatic rings. The normalized spacial score (nSPS) is 15.8. The molecule has 1 unspecified atom stereocenters. The van der Waals surface area contributed by atoms with E-state index in [9.17, 15) is 9.59 Å². The SMILES string of the molecule is Cc1c(Cl)cccc1NC(=O)CN(C1CC1)C(C)C(=O)O. The van der Waals surface area contributed by atoms with Gasteiger partial charge in [0.2, 0.25) is 5.91 Å². The van der Waals surface area contributed by atoms with Gasteiger partial charge in [0.15, 0.2) is 0 Å². The predicted octanol–water partition coefficient (Wildman–Crippen LogP) is 2.52. The Morgan fingerprint density at radius 2 is 2.14 bits per heavy atom. The van der Waals surface area contributed by atoms with Gasteiger partial charge in [0.1, 0.15) is 6.04 Å². The van der Waals surface area contributed by atoms with Crippen LogP contribution in [-0.2, 0) is 9.59 Å². The fourth-order valence-electron chi connectivity index (χ4n) is 2.23. The van der Waals surface area contributed by atoms with Crippen molar-refractivity contribution in [3.63, 3.8) is 0 Å². The van der Waals surface area contributed by atoms with Gasteiger partial charge in [-0.2, -0.15) is 0 Å². The number of amides is 1. The number of nitrogens with one attached hydrogen (secondary N) is 1. The molecule has 5 nitrogen and oxygen atoms in total. The Morgan fingerprint density at radius 1 is 1.48 bits per heavy atom. The van der Waals surface area contributed by atoms with E-state index in [0.29, 0.717) is 10.7 Å². The number of anilines is 1. The van der Waals surface area contributed by atoms with Crippen molar-refractivity contribution in [1.82, 2.24) is 4.90 Å². The first-order valence-corrected chi connectivity index (χ1v) is 7.31. The van der Waals surface area contributed by atoms with Crippen LogP contribution < -0.4 is 5.32 Å². The second-order valence-corrected chi connectivity index (χ2v) is 5.79. The Morgan fingerprint density at radius 3 is 2.71 bits per heavy atom. The Kier molecular flexibility index (Phi) is 4.85. The van der Waals surface area contributed by atoms with Crippen LogP contribution in [0.3, 0.4) is 0 Å². The number of benzene rings is 1. The first-order valence-electron chi connectivity index (χ1n) is 6.93. The van der Waals surface area contributed by atoms with Crippen molar-refractivity contribution in [3.05, 3.63) is 28.8 Å². The molecule has 0 saturated heterocycles. The molecule has 0 radical (unpaired) electrons. The van der Waals surface area contributed by atoms with Crippen molar-refractivity contribution in [2.45, 2.75) is 38.8 Å². The molecule has 0 bridgehead atoms. The van der Waals surface area contributed by atoms with Crippen LogP contribution in [0.15, 0.2) is 18.2 Å². The van der Waals surface area contributed by atoms with E-state index in [1.54, 1.807) is 30.0 Å². The second-order valence-electron chi connectivity index (χ2n) is 5.38. The predicted molar refractivity (Wildman–Crippen MR) is 81.6 cm³/mol. The standard InChI is InChI=1S/C15H19ClN2O3/c1-9-12(16)4-3-5-13(9)17-14(19)8-18(11-6-7-11)10(2)15(20)21/h3-5,10-11H,6-8H2,1-2H3,(H,17,19)(H,20,21). The molecule has 1 aliphatic carbocycles. The first kappa shape index (κ1) is 15.8. The Bertz CT molecular complexity index is 558. The fourth-order valence-corrected chi connectivity index (χ4v) is 2.40. The zero-order chi connectivity index (χ0) is 15.6. The van der Waals surface area contributed by atoms with Gasteiger partial charge < -0.3 is 10.4 Å². The van der Waals surface area contributed by atoms with Gasteiger partial charge in [0.05, 0.1) is 6.54 Å². The Hall–Kier alpha value is -1.59. The summed E-state index contributed by atoms with van der Waals surface area (Å²) in [5.41, 5.74) is 1.46. The van der Waals surface area contributed by atoms with Gasteiger partial charge in [0.25, 0.3) is 0 Å². The molecule has 114 valence electrons. The van der Waals surface area contributed by atoms with Crippen molar-refractivity contribution in [1.29, 1.82) is 0 Å². The first-order chi connectivity index (χ1) is 9.90. The number of aliphatic carboxylic acids is 1. The van der Waals surface area contributed by atoms with Crippen LogP contribution in [0, 0.1) is 6.92 Å². The molecular weight excluding hydrogens is 292 g/mol. The third-order valence-corrected chi connectivity index (χ3v) is 4.15. The van der Waals surface area contributed by atoms with Gasteiger partial charge in [-0.1, -0.05) is 17.7 Å².